The van der Waals surface area contributed by atoms with Crippen LogP contribution in [0.5, 0.6) is 0 Å². The second kappa shape index (κ2) is 6.05. The van der Waals surface area contributed by atoms with Gasteiger partial charge in [-0.25, -0.2) is 4.90 Å². The van der Waals surface area contributed by atoms with Gasteiger partial charge in [0, 0.05) is 10.9 Å². The van der Waals surface area contributed by atoms with Crippen molar-refractivity contribution in [3.63, 3.8) is 0 Å². The monoisotopic (exact) mass is 477 g/mol. The molecule has 0 saturated carbocycles. The average molecular weight is 479 g/mol. The van der Waals surface area contributed by atoms with Gasteiger partial charge < -0.3 is 0 Å². The molecule has 3 aromatic carbocycles. The summed E-state index contributed by atoms with van der Waals surface area (Å²) in [5, 5.41) is 0.508. The molecular weight excluding hydrogens is 462 g/mol. The van der Waals surface area contributed by atoms with Gasteiger partial charge in [-0.1, -0.05) is 82.1 Å². The second-order valence-electron chi connectivity index (χ2n) is 8.31. The Balaban J connectivity index is 1.63. The number of aryl methyl sites for hydroxylation is 1. The van der Waals surface area contributed by atoms with Crippen molar-refractivity contribution in [3.05, 3.63) is 99.6 Å². The summed E-state index contributed by atoms with van der Waals surface area (Å²) in [7, 11) is 0. The molecule has 0 spiro atoms. The number of nitrogens with zero attached hydrogens (tertiary/aromatic N) is 1. The number of alkyl halides is 1. The summed E-state index contributed by atoms with van der Waals surface area (Å²) in [4.78, 5) is 29.0. The lowest BCUT2D eigenvalue weighted by atomic mass is 9.55. The van der Waals surface area contributed by atoms with Gasteiger partial charge in [0.2, 0.25) is 11.8 Å². The molecule has 0 radical (unpaired) electrons. The van der Waals surface area contributed by atoms with E-state index in [2.05, 4.69) is 40.2 Å². The standard InChI is InChI=1S/C25H17BrClNO2/c1-13-10-11-14(27)12-19(13)28-23(29)21-20-15-6-2-4-8-17(15)25(26,22(21)24(28)30)18-9-5-3-7-16(18)20/h2-12,20-22H,1H3/t20?,21-,22-,25?/m1/s1. The lowest BCUT2D eigenvalue weighted by molar-refractivity contribution is -0.122. The van der Waals surface area contributed by atoms with E-state index in [1.54, 1.807) is 12.1 Å². The highest BCUT2D eigenvalue weighted by Gasteiger charge is 2.67. The van der Waals surface area contributed by atoms with Crippen LogP contribution in [0, 0.1) is 18.8 Å². The molecule has 2 bridgehead atoms. The quantitative estimate of drug-likeness (QED) is 0.340. The first-order chi connectivity index (χ1) is 14.4. The molecule has 5 heteroatoms. The van der Waals surface area contributed by atoms with Gasteiger partial charge in [0.1, 0.15) is 0 Å². The SMILES string of the molecule is Cc1ccc(Cl)cc1N1C(=O)[C@@H]2C3c4ccccc4C(Br)(c4ccccc43)[C@H]2C1=O. The first-order valence-corrected chi connectivity index (χ1v) is 11.1. The van der Waals surface area contributed by atoms with Gasteiger partial charge in [-0.15, -0.1) is 0 Å². The molecule has 1 fully saturated rings. The van der Waals surface area contributed by atoms with E-state index in [4.69, 9.17) is 11.6 Å². The summed E-state index contributed by atoms with van der Waals surface area (Å²) in [6.07, 6.45) is 0. The molecule has 1 heterocycles. The maximum atomic E-state index is 13.9. The number of rotatable bonds is 1. The van der Waals surface area contributed by atoms with Crippen molar-refractivity contribution in [2.24, 2.45) is 11.8 Å². The summed E-state index contributed by atoms with van der Waals surface area (Å²) < 4.78 is -0.729. The average Bonchev–Trinajstić information content (AvgIpc) is 3.02. The van der Waals surface area contributed by atoms with Gasteiger partial charge in [-0.05, 0) is 46.9 Å². The number of amides is 2. The Kier molecular flexibility index (Phi) is 3.70. The molecular formula is C25H17BrClNO2. The summed E-state index contributed by atoms with van der Waals surface area (Å²) >= 11 is 10.2. The van der Waals surface area contributed by atoms with E-state index in [1.165, 1.54) is 4.90 Å². The van der Waals surface area contributed by atoms with Crippen LogP contribution in [0.15, 0.2) is 66.7 Å². The largest absolute Gasteiger partial charge is 0.274 e. The van der Waals surface area contributed by atoms with Gasteiger partial charge in [-0.2, -0.15) is 0 Å². The Labute approximate surface area is 187 Å². The molecule has 4 aliphatic rings. The van der Waals surface area contributed by atoms with Crippen molar-refractivity contribution in [1.29, 1.82) is 0 Å². The van der Waals surface area contributed by atoms with Crippen LogP contribution in [-0.2, 0) is 13.9 Å². The number of benzene rings is 3. The van der Waals surface area contributed by atoms with Crippen LogP contribution in [0.3, 0.4) is 0 Å². The Morgan fingerprint density at radius 1 is 0.900 bits per heavy atom. The van der Waals surface area contributed by atoms with Crippen LogP contribution in [-0.4, -0.2) is 11.8 Å². The molecule has 3 aliphatic carbocycles. The van der Waals surface area contributed by atoms with E-state index >= 15 is 0 Å². The normalized spacial score (nSPS) is 28.4. The number of carbonyl (C=O) groups excluding carboxylic acids is 2. The van der Waals surface area contributed by atoms with Crippen LogP contribution < -0.4 is 4.90 Å². The minimum Gasteiger partial charge on any atom is -0.274 e. The Morgan fingerprint density at radius 2 is 1.50 bits per heavy atom. The van der Waals surface area contributed by atoms with E-state index < -0.39 is 16.2 Å². The molecule has 30 heavy (non-hydrogen) atoms. The maximum Gasteiger partial charge on any atom is 0.239 e. The van der Waals surface area contributed by atoms with Crippen molar-refractivity contribution in [2.75, 3.05) is 4.90 Å². The van der Waals surface area contributed by atoms with Crippen molar-refractivity contribution < 1.29 is 9.59 Å². The molecule has 3 aromatic rings. The first-order valence-electron chi connectivity index (χ1n) is 9.96. The number of hydrogen-bond acceptors (Lipinski definition) is 2. The molecule has 3 nitrogen and oxygen atoms in total. The van der Waals surface area contributed by atoms with Gasteiger partial charge in [0.15, 0.2) is 0 Å². The molecule has 2 atom stereocenters. The second-order valence-corrected chi connectivity index (χ2v) is 10.00. The fourth-order valence-corrected chi connectivity index (χ4v) is 7.11. The van der Waals surface area contributed by atoms with E-state index in [-0.39, 0.29) is 17.7 Å². The molecule has 1 saturated heterocycles. The highest BCUT2D eigenvalue weighted by molar-refractivity contribution is 9.09. The Morgan fingerprint density at radius 3 is 2.13 bits per heavy atom. The first kappa shape index (κ1) is 18.3. The predicted octanol–water partition coefficient (Wildman–Crippen LogP) is 5.55. The highest BCUT2D eigenvalue weighted by atomic mass is 79.9. The number of imide groups is 1. The molecule has 1 aliphatic heterocycles. The lowest BCUT2D eigenvalue weighted by Crippen LogP contribution is -2.50. The van der Waals surface area contributed by atoms with Crippen LogP contribution in [0.1, 0.15) is 33.7 Å². The minimum atomic E-state index is -0.729. The maximum absolute atomic E-state index is 13.9. The van der Waals surface area contributed by atoms with Crippen LogP contribution in [0.2, 0.25) is 5.02 Å². The predicted molar refractivity (Wildman–Crippen MR) is 120 cm³/mol. The number of anilines is 1. The zero-order chi connectivity index (χ0) is 20.8. The fraction of sp³-hybridized carbons (Fsp3) is 0.200. The number of hydrogen-bond donors (Lipinski definition) is 0. The molecule has 0 N–H and O–H groups in total. The zero-order valence-electron chi connectivity index (χ0n) is 16.1. The van der Waals surface area contributed by atoms with Crippen molar-refractivity contribution in [2.45, 2.75) is 17.2 Å². The van der Waals surface area contributed by atoms with E-state index in [1.807, 2.05) is 37.3 Å². The van der Waals surface area contributed by atoms with Crippen LogP contribution >= 0.6 is 27.5 Å². The van der Waals surface area contributed by atoms with E-state index in [0.29, 0.717) is 10.7 Å². The fourth-order valence-electron chi connectivity index (χ4n) is 5.74. The summed E-state index contributed by atoms with van der Waals surface area (Å²) in [6.45, 7) is 1.90. The lowest BCUT2D eigenvalue weighted by Gasteiger charge is -2.51. The molecule has 0 aromatic heterocycles. The van der Waals surface area contributed by atoms with Gasteiger partial charge in [-0.3, -0.25) is 9.59 Å². The third-order valence-corrected chi connectivity index (χ3v) is 8.51. The van der Waals surface area contributed by atoms with Crippen molar-refractivity contribution >= 4 is 45.0 Å². The molecule has 148 valence electrons. The summed E-state index contributed by atoms with van der Waals surface area (Å²) in [5.41, 5.74) is 5.85. The number of halogens is 2. The zero-order valence-corrected chi connectivity index (χ0v) is 18.4. The van der Waals surface area contributed by atoms with Gasteiger partial charge in [0.05, 0.1) is 21.8 Å². The van der Waals surface area contributed by atoms with Gasteiger partial charge in [0.25, 0.3) is 0 Å². The van der Waals surface area contributed by atoms with Crippen molar-refractivity contribution in [1.82, 2.24) is 0 Å². The summed E-state index contributed by atoms with van der Waals surface area (Å²) in [6, 6.07) is 21.7. The summed E-state index contributed by atoms with van der Waals surface area (Å²) in [5.74, 6) is -1.39. The third kappa shape index (κ3) is 2.06. The highest BCUT2D eigenvalue weighted by Crippen LogP contribution is 2.66. The van der Waals surface area contributed by atoms with Crippen molar-refractivity contribution in [3.8, 4) is 0 Å². The van der Waals surface area contributed by atoms with E-state index in [0.717, 1.165) is 27.8 Å². The topological polar surface area (TPSA) is 37.4 Å². The van der Waals surface area contributed by atoms with Gasteiger partial charge >= 0.3 is 0 Å². The van der Waals surface area contributed by atoms with Crippen LogP contribution in [0.4, 0.5) is 5.69 Å². The van der Waals surface area contributed by atoms with Crippen LogP contribution in [0.25, 0.3) is 0 Å². The molecule has 0 unspecified atom stereocenters. The molecule has 7 rings (SSSR count). The Bertz CT molecular complexity index is 1220. The Hall–Kier alpha value is -2.43. The molecule has 2 amide bonds. The van der Waals surface area contributed by atoms with E-state index in [9.17, 15) is 9.59 Å². The third-order valence-electron chi connectivity index (χ3n) is 6.93. The number of carbonyl (C=O) groups is 2. The minimum absolute atomic E-state index is 0.136. The smallest absolute Gasteiger partial charge is 0.239 e.